The molecule has 0 aliphatic rings. The second-order valence-corrected chi connectivity index (χ2v) is 4.96. The van der Waals surface area contributed by atoms with Gasteiger partial charge >= 0.3 is 0 Å². The summed E-state index contributed by atoms with van der Waals surface area (Å²) in [4.78, 5) is 0. The summed E-state index contributed by atoms with van der Waals surface area (Å²) in [7, 11) is 1.64. The first-order chi connectivity index (χ1) is 9.20. The maximum Gasteiger partial charge on any atom is 0.119 e. The highest BCUT2D eigenvalue weighted by atomic mass is 79.9. The van der Waals surface area contributed by atoms with Crippen molar-refractivity contribution >= 4 is 22.0 Å². The maximum absolute atomic E-state index is 10.1. The number of hydrogen-bond acceptors (Lipinski definition) is 2. The van der Waals surface area contributed by atoms with Gasteiger partial charge in [0.25, 0.3) is 0 Å². The van der Waals surface area contributed by atoms with Crippen LogP contribution in [-0.4, -0.2) is 12.2 Å². The molecule has 0 bridgehead atoms. The molecule has 2 aromatic rings. The number of aliphatic hydroxyl groups excluding tert-OH is 1. The highest BCUT2D eigenvalue weighted by molar-refractivity contribution is 9.10. The Balaban J connectivity index is 2.16. The fourth-order valence-electron chi connectivity index (χ4n) is 1.77. The topological polar surface area (TPSA) is 29.5 Å². The van der Waals surface area contributed by atoms with Crippen molar-refractivity contribution in [3.63, 3.8) is 0 Å². The lowest BCUT2D eigenvalue weighted by Gasteiger charge is -2.08. The molecule has 0 spiro atoms. The Morgan fingerprint density at radius 3 is 2.68 bits per heavy atom. The van der Waals surface area contributed by atoms with Crippen LogP contribution in [0.3, 0.4) is 0 Å². The van der Waals surface area contributed by atoms with Crippen molar-refractivity contribution in [3.8, 4) is 5.75 Å². The Morgan fingerprint density at radius 2 is 1.95 bits per heavy atom. The number of halogens is 1. The van der Waals surface area contributed by atoms with E-state index in [1.807, 2.05) is 54.6 Å². The van der Waals surface area contributed by atoms with Gasteiger partial charge in [0.2, 0.25) is 0 Å². The van der Waals surface area contributed by atoms with Gasteiger partial charge in [-0.3, -0.25) is 0 Å². The Hall–Kier alpha value is -1.58. The molecule has 2 rings (SSSR count). The van der Waals surface area contributed by atoms with Crippen LogP contribution >= 0.6 is 15.9 Å². The van der Waals surface area contributed by atoms with Crippen molar-refractivity contribution in [2.24, 2.45) is 0 Å². The first kappa shape index (κ1) is 13.8. The fraction of sp³-hybridized carbons (Fsp3) is 0.125. The standard InChI is InChI=1S/C16H15BrO2/c1-19-13-6-4-5-12(11-13)9-10-16(18)14-7-2-3-8-15(14)17/h2-11,16,18H,1H3/b10-9+. The molecule has 0 fully saturated rings. The van der Waals surface area contributed by atoms with Gasteiger partial charge in [0.15, 0.2) is 0 Å². The molecule has 1 N–H and O–H groups in total. The summed E-state index contributed by atoms with van der Waals surface area (Å²) in [6.07, 6.45) is 3.00. The molecule has 1 unspecified atom stereocenters. The molecule has 2 aromatic carbocycles. The number of hydrogen-bond donors (Lipinski definition) is 1. The van der Waals surface area contributed by atoms with Gasteiger partial charge in [0.1, 0.15) is 5.75 Å². The molecule has 19 heavy (non-hydrogen) atoms. The third-order valence-corrected chi connectivity index (χ3v) is 3.51. The minimum atomic E-state index is -0.637. The number of methoxy groups -OCH3 is 1. The summed E-state index contributed by atoms with van der Waals surface area (Å²) < 4.78 is 6.06. The minimum absolute atomic E-state index is 0.637. The summed E-state index contributed by atoms with van der Waals surface area (Å²) >= 11 is 3.43. The van der Waals surface area contributed by atoms with E-state index in [9.17, 15) is 5.11 Å². The van der Waals surface area contributed by atoms with Crippen LogP contribution in [0.15, 0.2) is 59.1 Å². The van der Waals surface area contributed by atoms with Gasteiger partial charge in [-0.1, -0.05) is 58.4 Å². The number of rotatable bonds is 4. The van der Waals surface area contributed by atoms with Gasteiger partial charge < -0.3 is 9.84 Å². The van der Waals surface area contributed by atoms with Gasteiger partial charge in [0.05, 0.1) is 13.2 Å². The summed E-state index contributed by atoms with van der Waals surface area (Å²) in [6.45, 7) is 0. The van der Waals surface area contributed by atoms with Gasteiger partial charge in [0, 0.05) is 4.47 Å². The van der Waals surface area contributed by atoms with E-state index in [4.69, 9.17) is 4.74 Å². The first-order valence-corrected chi connectivity index (χ1v) is 6.75. The quantitative estimate of drug-likeness (QED) is 0.915. The third-order valence-electron chi connectivity index (χ3n) is 2.79. The zero-order valence-corrected chi connectivity index (χ0v) is 12.2. The van der Waals surface area contributed by atoms with E-state index in [-0.39, 0.29) is 0 Å². The molecule has 0 saturated heterocycles. The lowest BCUT2D eigenvalue weighted by Crippen LogP contribution is -1.93. The maximum atomic E-state index is 10.1. The smallest absolute Gasteiger partial charge is 0.119 e. The molecule has 0 aromatic heterocycles. The predicted octanol–water partition coefficient (Wildman–Crippen LogP) is 4.20. The van der Waals surface area contributed by atoms with Crippen LogP contribution in [-0.2, 0) is 0 Å². The SMILES string of the molecule is COc1cccc(/C=C/C(O)c2ccccc2Br)c1. The van der Waals surface area contributed by atoms with Crippen molar-refractivity contribution in [2.45, 2.75) is 6.10 Å². The average Bonchev–Trinajstić information content (AvgIpc) is 2.45. The van der Waals surface area contributed by atoms with E-state index in [0.29, 0.717) is 0 Å². The highest BCUT2D eigenvalue weighted by Crippen LogP contribution is 2.24. The normalized spacial score (nSPS) is 12.6. The fourth-order valence-corrected chi connectivity index (χ4v) is 2.29. The van der Waals surface area contributed by atoms with Crippen LogP contribution in [0.25, 0.3) is 6.08 Å². The molecule has 0 heterocycles. The van der Waals surface area contributed by atoms with E-state index < -0.39 is 6.10 Å². The largest absolute Gasteiger partial charge is 0.497 e. The van der Waals surface area contributed by atoms with Crippen LogP contribution in [0.2, 0.25) is 0 Å². The molecule has 0 radical (unpaired) electrons. The van der Waals surface area contributed by atoms with Crippen LogP contribution in [0.1, 0.15) is 17.2 Å². The van der Waals surface area contributed by atoms with E-state index in [2.05, 4.69) is 15.9 Å². The monoisotopic (exact) mass is 318 g/mol. The van der Waals surface area contributed by atoms with Gasteiger partial charge in [-0.05, 0) is 29.3 Å². The molecule has 0 aliphatic heterocycles. The second kappa shape index (κ2) is 6.55. The van der Waals surface area contributed by atoms with Crippen LogP contribution in [0.5, 0.6) is 5.75 Å². The first-order valence-electron chi connectivity index (χ1n) is 5.95. The molecule has 2 nitrogen and oxygen atoms in total. The summed E-state index contributed by atoms with van der Waals surface area (Å²) in [5.74, 6) is 0.803. The van der Waals surface area contributed by atoms with Gasteiger partial charge in [-0.2, -0.15) is 0 Å². The summed E-state index contributed by atoms with van der Waals surface area (Å²) in [5.41, 5.74) is 1.84. The zero-order chi connectivity index (χ0) is 13.7. The summed E-state index contributed by atoms with van der Waals surface area (Å²) in [5, 5.41) is 10.1. The lowest BCUT2D eigenvalue weighted by molar-refractivity contribution is 0.229. The molecule has 0 saturated carbocycles. The highest BCUT2D eigenvalue weighted by Gasteiger charge is 2.06. The van der Waals surface area contributed by atoms with Crippen molar-refractivity contribution in [3.05, 3.63) is 70.2 Å². The second-order valence-electron chi connectivity index (χ2n) is 4.10. The third kappa shape index (κ3) is 3.69. The van der Waals surface area contributed by atoms with E-state index in [1.165, 1.54) is 0 Å². The Morgan fingerprint density at radius 1 is 1.16 bits per heavy atom. The average molecular weight is 319 g/mol. The Labute approximate surface area is 121 Å². The van der Waals surface area contributed by atoms with Crippen molar-refractivity contribution < 1.29 is 9.84 Å². The van der Waals surface area contributed by atoms with Gasteiger partial charge in [-0.25, -0.2) is 0 Å². The van der Waals surface area contributed by atoms with Crippen molar-refractivity contribution in [1.82, 2.24) is 0 Å². The molecule has 3 heteroatoms. The van der Waals surface area contributed by atoms with Crippen LogP contribution < -0.4 is 4.74 Å². The van der Waals surface area contributed by atoms with E-state index in [0.717, 1.165) is 21.3 Å². The molecule has 0 aliphatic carbocycles. The predicted molar refractivity (Wildman–Crippen MR) is 81.1 cm³/mol. The molecular weight excluding hydrogens is 304 g/mol. The molecular formula is C16H15BrO2. The molecule has 1 atom stereocenters. The number of aliphatic hydroxyl groups is 1. The van der Waals surface area contributed by atoms with Gasteiger partial charge in [-0.15, -0.1) is 0 Å². The van der Waals surface area contributed by atoms with E-state index in [1.54, 1.807) is 13.2 Å². The number of benzene rings is 2. The van der Waals surface area contributed by atoms with Crippen LogP contribution in [0.4, 0.5) is 0 Å². The summed E-state index contributed by atoms with van der Waals surface area (Å²) in [6, 6.07) is 15.3. The minimum Gasteiger partial charge on any atom is -0.497 e. The molecule has 0 amide bonds. The van der Waals surface area contributed by atoms with Crippen LogP contribution in [0, 0.1) is 0 Å². The molecule has 98 valence electrons. The number of ether oxygens (including phenoxy) is 1. The Bertz CT molecular complexity index is 578. The zero-order valence-electron chi connectivity index (χ0n) is 10.6. The van der Waals surface area contributed by atoms with Crippen molar-refractivity contribution in [2.75, 3.05) is 7.11 Å². The Kier molecular flexibility index (Phi) is 4.77. The van der Waals surface area contributed by atoms with Crippen molar-refractivity contribution in [1.29, 1.82) is 0 Å². The lowest BCUT2D eigenvalue weighted by atomic mass is 10.1. The van der Waals surface area contributed by atoms with E-state index >= 15 is 0 Å².